The van der Waals surface area contributed by atoms with Crippen molar-refractivity contribution in [2.45, 2.75) is 39.5 Å². The summed E-state index contributed by atoms with van der Waals surface area (Å²) in [6, 6.07) is 8.53. The summed E-state index contributed by atoms with van der Waals surface area (Å²) in [7, 11) is 0. The Hall–Kier alpha value is -3.40. The number of aryl methyl sites for hydroxylation is 3. The quantitative estimate of drug-likeness (QED) is 0.343. The van der Waals surface area contributed by atoms with Crippen LogP contribution in [0.15, 0.2) is 40.8 Å². The van der Waals surface area contributed by atoms with Crippen LogP contribution < -0.4 is 4.74 Å². The second-order valence-electron chi connectivity index (χ2n) is 7.50. The maximum Gasteiger partial charge on any atom is 0.416 e. The zero-order valence-electron chi connectivity index (χ0n) is 17.7. The van der Waals surface area contributed by atoms with Crippen LogP contribution in [0.3, 0.4) is 0 Å². The summed E-state index contributed by atoms with van der Waals surface area (Å²) in [4.78, 5) is 20.5. The monoisotopic (exact) mass is 476 g/mol. The van der Waals surface area contributed by atoms with Crippen molar-refractivity contribution >= 4 is 28.4 Å². The van der Waals surface area contributed by atoms with E-state index in [0.717, 1.165) is 28.3 Å². The predicted molar refractivity (Wildman–Crippen MR) is 116 cm³/mol. The number of oxazole rings is 1. The summed E-state index contributed by atoms with van der Waals surface area (Å²) < 4.78 is 50.1. The Kier molecular flexibility index (Phi) is 6.11. The minimum atomic E-state index is -4.39. The van der Waals surface area contributed by atoms with Crippen molar-refractivity contribution in [3.8, 4) is 16.3 Å². The molecular weight excluding hydrogens is 457 g/mol. The van der Waals surface area contributed by atoms with E-state index >= 15 is 0 Å². The molecule has 172 valence electrons. The molecule has 2 heterocycles. The average molecular weight is 476 g/mol. The van der Waals surface area contributed by atoms with Crippen LogP contribution in [0.25, 0.3) is 21.7 Å². The van der Waals surface area contributed by atoms with Crippen molar-refractivity contribution in [3.63, 3.8) is 0 Å². The molecule has 0 saturated carbocycles. The number of ether oxygens (including phenoxy) is 1. The number of aromatic nitrogens is 2. The summed E-state index contributed by atoms with van der Waals surface area (Å²) in [5.41, 5.74) is 2.53. The maximum absolute atomic E-state index is 12.8. The van der Waals surface area contributed by atoms with Gasteiger partial charge in [0.15, 0.2) is 17.2 Å². The Labute approximate surface area is 190 Å². The SMILES string of the molecule is Cc1cc(OCc2sc(-c3ccc(C(F)(F)F)cc3)nc2C)c2oc(CCC(=O)O)nc2c1. The third kappa shape index (κ3) is 5.16. The fourth-order valence-electron chi connectivity index (χ4n) is 3.24. The Morgan fingerprint density at radius 2 is 1.88 bits per heavy atom. The van der Waals surface area contributed by atoms with Gasteiger partial charge in [-0.1, -0.05) is 12.1 Å². The molecular formula is C23H19F3N2O4S. The first-order chi connectivity index (χ1) is 15.6. The van der Waals surface area contributed by atoms with E-state index in [-0.39, 0.29) is 19.4 Å². The summed E-state index contributed by atoms with van der Waals surface area (Å²) >= 11 is 1.34. The molecule has 0 aliphatic carbocycles. The van der Waals surface area contributed by atoms with Crippen LogP contribution in [-0.4, -0.2) is 21.0 Å². The Balaban J connectivity index is 1.54. The fraction of sp³-hybridized carbons (Fsp3) is 0.261. The average Bonchev–Trinajstić information content (AvgIpc) is 3.33. The van der Waals surface area contributed by atoms with Gasteiger partial charge in [0, 0.05) is 12.0 Å². The van der Waals surface area contributed by atoms with Crippen molar-refractivity contribution in [2.24, 2.45) is 0 Å². The Bertz CT molecular complexity index is 1310. The normalized spacial score (nSPS) is 11.8. The van der Waals surface area contributed by atoms with Crippen LogP contribution in [0, 0.1) is 13.8 Å². The van der Waals surface area contributed by atoms with Gasteiger partial charge < -0.3 is 14.3 Å². The number of carboxylic acids is 1. The highest BCUT2D eigenvalue weighted by molar-refractivity contribution is 7.15. The number of carbonyl (C=O) groups is 1. The van der Waals surface area contributed by atoms with Gasteiger partial charge in [-0.3, -0.25) is 4.79 Å². The van der Waals surface area contributed by atoms with Crippen molar-refractivity contribution in [1.82, 2.24) is 9.97 Å². The van der Waals surface area contributed by atoms with E-state index in [1.807, 2.05) is 26.0 Å². The predicted octanol–water partition coefficient (Wildman–Crippen LogP) is 6.18. The van der Waals surface area contributed by atoms with Gasteiger partial charge in [-0.05, 0) is 43.7 Å². The molecule has 2 aromatic carbocycles. The molecule has 4 rings (SSSR count). The standard InChI is InChI=1S/C23H19F3N2O4S/c1-12-9-16-21(32-19(28-16)7-8-20(29)30)17(10-12)31-11-18-13(2)27-22(33-18)14-3-5-15(6-4-14)23(24,25)26/h3-6,9-10H,7-8,11H2,1-2H3,(H,29,30). The lowest BCUT2D eigenvalue weighted by Crippen LogP contribution is -2.03. The lowest BCUT2D eigenvalue weighted by atomic mass is 10.1. The Morgan fingerprint density at radius 3 is 2.55 bits per heavy atom. The lowest BCUT2D eigenvalue weighted by Gasteiger charge is -2.06. The van der Waals surface area contributed by atoms with Gasteiger partial charge in [-0.25, -0.2) is 9.97 Å². The highest BCUT2D eigenvalue weighted by atomic mass is 32.1. The largest absolute Gasteiger partial charge is 0.484 e. The van der Waals surface area contributed by atoms with Crippen molar-refractivity contribution in [3.05, 3.63) is 64.0 Å². The van der Waals surface area contributed by atoms with Gasteiger partial charge in [0.25, 0.3) is 0 Å². The van der Waals surface area contributed by atoms with Crippen LogP contribution in [-0.2, 0) is 24.0 Å². The molecule has 10 heteroatoms. The second kappa shape index (κ2) is 8.86. The van der Waals surface area contributed by atoms with Gasteiger partial charge in [0.05, 0.1) is 22.6 Å². The molecule has 0 spiro atoms. The first kappa shape index (κ1) is 22.8. The van der Waals surface area contributed by atoms with E-state index in [1.54, 1.807) is 0 Å². The smallest absolute Gasteiger partial charge is 0.416 e. The number of carboxylic acid groups (broad SMARTS) is 1. The van der Waals surface area contributed by atoms with E-state index in [4.69, 9.17) is 14.3 Å². The molecule has 2 aromatic heterocycles. The molecule has 0 radical (unpaired) electrons. The molecule has 33 heavy (non-hydrogen) atoms. The van der Waals surface area contributed by atoms with Crippen molar-refractivity contribution in [1.29, 1.82) is 0 Å². The number of fused-ring (bicyclic) bond motifs is 1. The summed E-state index contributed by atoms with van der Waals surface area (Å²) in [6.07, 6.45) is -4.30. The van der Waals surface area contributed by atoms with Crippen LogP contribution >= 0.6 is 11.3 Å². The molecule has 0 fully saturated rings. The van der Waals surface area contributed by atoms with Crippen molar-refractivity contribution in [2.75, 3.05) is 0 Å². The fourth-order valence-corrected chi connectivity index (χ4v) is 4.22. The molecule has 0 aliphatic heterocycles. The molecule has 4 aromatic rings. The first-order valence-electron chi connectivity index (χ1n) is 9.99. The minimum absolute atomic E-state index is 0.0885. The number of alkyl halides is 3. The molecule has 0 amide bonds. The van der Waals surface area contributed by atoms with E-state index in [1.165, 1.54) is 23.5 Å². The van der Waals surface area contributed by atoms with Gasteiger partial charge in [-0.2, -0.15) is 13.2 Å². The van der Waals surface area contributed by atoms with Gasteiger partial charge in [0.2, 0.25) is 0 Å². The first-order valence-corrected chi connectivity index (χ1v) is 10.8. The van der Waals surface area contributed by atoms with Crippen LogP contribution in [0.1, 0.15) is 34.0 Å². The number of nitrogens with zero attached hydrogens (tertiary/aromatic N) is 2. The molecule has 6 nitrogen and oxygen atoms in total. The van der Waals surface area contributed by atoms with E-state index in [9.17, 15) is 18.0 Å². The highest BCUT2D eigenvalue weighted by Gasteiger charge is 2.30. The topological polar surface area (TPSA) is 85.5 Å². The van der Waals surface area contributed by atoms with Crippen molar-refractivity contribution < 1.29 is 32.2 Å². The van der Waals surface area contributed by atoms with Gasteiger partial charge in [0.1, 0.15) is 17.1 Å². The third-order valence-corrected chi connectivity index (χ3v) is 6.09. The van der Waals surface area contributed by atoms with E-state index in [0.29, 0.717) is 33.3 Å². The lowest BCUT2D eigenvalue weighted by molar-refractivity contribution is -0.138. The molecule has 0 atom stereocenters. The number of halogens is 3. The summed E-state index contributed by atoms with van der Waals surface area (Å²) in [5.74, 6) is -0.140. The maximum atomic E-state index is 12.8. The number of hydrogen-bond acceptors (Lipinski definition) is 6. The van der Waals surface area contributed by atoms with Crippen LogP contribution in [0.5, 0.6) is 5.75 Å². The number of aliphatic carboxylic acids is 1. The molecule has 0 saturated heterocycles. The third-order valence-electron chi connectivity index (χ3n) is 4.91. The van der Waals surface area contributed by atoms with Gasteiger partial charge >= 0.3 is 12.1 Å². The van der Waals surface area contributed by atoms with Crippen LogP contribution in [0.4, 0.5) is 13.2 Å². The number of thiazole rings is 1. The van der Waals surface area contributed by atoms with E-state index < -0.39 is 17.7 Å². The minimum Gasteiger partial charge on any atom is -0.484 e. The number of benzene rings is 2. The molecule has 0 bridgehead atoms. The van der Waals surface area contributed by atoms with E-state index in [2.05, 4.69) is 9.97 Å². The second-order valence-corrected chi connectivity index (χ2v) is 8.59. The highest BCUT2D eigenvalue weighted by Crippen LogP contribution is 2.34. The summed E-state index contributed by atoms with van der Waals surface area (Å²) in [6.45, 7) is 3.89. The Morgan fingerprint density at radius 1 is 1.15 bits per heavy atom. The summed E-state index contributed by atoms with van der Waals surface area (Å²) in [5, 5.41) is 9.47. The number of rotatable bonds is 7. The zero-order chi connectivity index (χ0) is 23.8. The number of hydrogen-bond donors (Lipinski definition) is 1. The van der Waals surface area contributed by atoms with Gasteiger partial charge in [-0.15, -0.1) is 11.3 Å². The molecule has 1 N–H and O–H groups in total. The molecule has 0 aliphatic rings. The van der Waals surface area contributed by atoms with Crippen LogP contribution in [0.2, 0.25) is 0 Å². The molecule has 0 unspecified atom stereocenters. The zero-order valence-corrected chi connectivity index (χ0v) is 18.5.